The molecule has 2 N–H and O–H groups in total. The Morgan fingerprint density at radius 2 is 2.06 bits per heavy atom. The summed E-state index contributed by atoms with van der Waals surface area (Å²) in [5.74, 6) is 0.139. The van der Waals surface area contributed by atoms with Crippen molar-refractivity contribution < 1.29 is 8.42 Å². The van der Waals surface area contributed by atoms with Crippen molar-refractivity contribution in [3.63, 3.8) is 0 Å². The fraction of sp³-hybridized carbons (Fsp3) is 0.667. The van der Waals surface area contributed by atoms with Gasteiger partial charge in [-0.1, -0.05) is 13.8 Å². The van der Waals surface area contributed by atoms with E-state index in [-0.39, 0.29) is 5.75 Å². The maximum absolute atomic E-state index is 11.7. The summed E-state index contributed by atoms with van der Waals surface area (Å²) in [6.07, 6.45) is 1.96. The molecule has 1 rings (SSSR count). The highest BCUT2D eigenvalue weighted by molar-refractivity contribution is 7.89. The quantitative estimate of drug-likeness (QED) is 0.681. The van der Waals surface area contributed by atoms with E-state index in [1.807, 2.05) is 5.38 Å². The van der Waals surface area contributed by atoms with Crippen LogP contribution in [0.3, 0.4) is 0 Å². The normalized spacial score (nSPS) is 11.9. The second-order valence-electron chi connectivity index (χ2n) is 4.11. The third-order valence-electron chi connectivity index (χ3n) is 2.65. The largest absolute Gasteiger partial charge is 0.316 e. The first kappa shape index (κ1) is 15.6. The van der Waals surface area contributed by atoms with Crippen molar-refractivity contribution in [3.8, 4) is 0 Å². The van der Waals surface area contributed by atoms with Crippen molar-refractivity contribution in [3.05, 3.63) is 21.9 Å². The molecular weight excluding hydrogens is 268 g/mol. The van der Waals surface area contributed by atoms with E-state index in [1.54, 1.807) is 11.3 Å². The molecule has 1 aromatic rings. The summed E-state index contributed by atoms with van der Waals surface area (Å²) in [6.45, 7) is 5.92. The third-order valence-corrected chi connectivity index (χ3v) is 4.93. The van der Waals surface area contributed by atoms with E-state index in [2.05, 4.69) is 30.0 Å². The van der Waals surface area contributed by atoms with Crippen molar-refractivity contribution in [2.75, 3.05) is 18.8 Å². The van der Waals surface area contributed by atoms with Crippen molar-refractivity contribution in [2.45, 2.75) is 33.2 Å². The van der Waals surface area contributed by atoms with Crippen LogP contribution in [0.1, 0.15) is 30.7 Å². The van der Waals surface area contributed by atoms with Gasteiger partial charge in [-0.05, 0) is 36.4 Å². The maximum atomic E-state index is 11.7. The standard InChI is InChI=1S/C12H22N2O2S2/c1-3-6-13-7-9-18(15,16)14-10-12-11(4-2)5-8-17-12/h5,8,13-14H,3-4,6-7,9-10H2,1-2H3. The Kier molecular flexibility index (Phi) is 6.85. The molecule has 0 aromatic carbocycles. The molecular formula is C12H22N2O2S2. The average molecular weight is 290 g/mol. The minimum absolute atomic E-state index is 0.139. The van der Waals surface area contributed by atoms with Gasteiger partial charge < -0.3 is 5.32 Å². The minimum Gasteiger partial charge on any atom is -0.316 e. The second kappa shape index (κ2) is 7.89. The lowest BCUT2D eigenvalue weighted by atomic mass is 10.2. The molecule has 104 valence electrons. The molecule has 0 spiro atoms. The summed E-state index contributed by atoms with van der Waals surface area (Å²) in [5.41, 5.74) is 1.23. The van der Waals surface area contributed by atoms with Gasteiger partial charge in [-0.3, -0.25) is 0 Å². The second-order valence-corrected chi connectivity index (χ2v) is 7.04. The van der Waals surface area contributed by atoms with Crippen molar-refractivity contribution >= 4 is 21.4 Å². The predicted molar refractivity (Wildman–Crippen MR) is 77.5 cm³/mol. The molecule has 1 heterocycles. The Balaban J connectivity index is 2.37. The van der Waals surface area contributed by atoms with Crippen LogP contribution in [-0.2, 0) is 23.0 Å². The molecule has 0 aliphatic carbocycles. The van der Waals surface area contributed by atoms with E-state index in [0.717, 1.165) is 24.3 Å². The Morgan fingerprint density at radius 3 is 2.72 bits per heavy atom. The molecule has 0 fully saturated rings. The van der Waals surface area contributed by atoms with Crippen molar-refractivity contribution in [1.82, 2.24) is 10.0 Å². The Labute approximate surface area is 114 Å². The molecule has 0 saturated carbocycles. The summed E-state index contributed by atoms with van der Waals surface area (Å²) in [4.78, 5) is 1.11. The molecule has 0 aliphatic rings. The summed E-state index contributed by atoms with van der Waals surface area (Å²) in [7, 11) is -3.17. The van der Waals surface area contributed by atoms with E-state index in [4.69, 9.17) is 0 Å². The fourth-order valence-electron chi connectivity index (χ4n) is 1.59. The lowest BCUT2D eigenvalue weighted by Gasteiger charge is -2.07. The average Bonchev–Trinajstić information content (AvgIpc) is 2.80. The molecule has 6 heteroatoms. The first-order valence-electron chi connectivity index (χ1n) is 6.32. The first-order chi connectivity index (χ1) is 8.59. The summed E-state index contributed by atoms with van der Waals surface area (Å²) in [5, 5.41) is 5.10. The van der Waals surface area contributed by atoms with Gasteiger partial charge in [0.25, 0.3) is 0 Å². The van der Waals surface area contributed by atoms with Crippen molar-refractivity contribution in [2.24, 2.45) is 0 Å². The molecule has 0 unspecified atom stereocenters. The number of aryl methyl sites for hydroxylation is 1. The summed E-state index contributed by atoms with van der Waals surface area (Å²) in [6, 6.07) is 2.05. The van der Waals surface area contributed by atoms with Gasteiger partial charge in [-0.25, -0.2) is 13.1 Å². The van der Waals surface area contributed by atoms with E-state index in [0.29, 0.717) is 13.1 Å². The minimum atomic E-state index is -3.17. The lowest BCUT2D eigenvalue weighted by molar-refractivity contribution is 0.576. The van der Waals surface area contributed by atoms with Crippen LogP contribution in [-0.4, -0.2) is 27.3 Å². The van der Waals surface area contributed by atoms with Crippen LogP contribution in [0.2, 0.25) is 0 Å². The zero-order chi connectivity index (χ0) is 13.4. The highest BCUT2D eigenvalue weighted by Gasteiger charge is 2.11. The van der Waals surface area contributed by atoms with Crippen LogP contribution < -0.4 is 10.0 Å². The topological polar surface area (TPSA) is 58.2 Å². The molecule has 0 saturated heterocycles. The molecule has 0 amide bonds. The molecule has 4 nitrogen and oxygen atoms in total. The molecule has 0 aliphatic heterocycles. The van der Waals surface area contributed by atoms with Crippen molar-refractivity contribution in [1.29, 1.82) is 0 Å². The van der Waals surface area contributed by atoms with Gasteiger partial charge in [-0.15, -0.1) is 11.3 Å². The number of hydrogen-bond donors (Lipinski definition) is 2. The number of thiophene rings is 1. The Bertz CT molecular complexity index is 441. The van der Waals surface area contributed by atoms with Crippen LogP contribution in [0.4, 0.5) is 0 Å². The van der Waals surface area contributed by atoms with Gasteiger partial charge in [0, 0.05) is 18.0 Å². The number of nitrogens with one attached hydrogen (secondary N) is 2. The van der Waals surface area contributed by atoms with Gasteiger partial charge in [0.2, 0.25) is 10.0 Å². The highest BCUT2D eigenvalue weighted by atomic mass is 32.2. The van der Waals surface area contributed by atoms with Crippen LogP contribution in [0.25, 0.3) is 0 Å². The third kappa shape index (κ3) is 5.48. The van der Waals surface area contributed by atoms with Crippen LogP contribution in [0.5, 0.6) is 0 Å². The number of hydrogen-bond acceptors (Lipinski definition) is 4. The van der Waals surface area contributed by atoms with Gasteiger partial charge in [-0.2, -0.15) is 0 Å². The van der Waals surface area contributed by atoms with E-state index in [1.165, 1.54) is 5.56 Å². The molecule has 1 aromatic heterocycles. The first-order valence-corrected chi connectivity index (χ1v) is 8.85. The Hall–Kier alpha value is -0.430. The van der Waals surface area contributed by atoms with E-state index < -0.39 is 10.0 Å². The molecule has 0 radical (unpaired) electrons. The molecule has 18 heavy (non-hydrogen) atoms. The summed E-state index contributed by atoms with van der Waals surface area (Å²) >= 11 is 1.60. The van der Waals surface area contributed by atoms with Gasteiger partial charge >= 0.3 is 0 Å². The number of rotatable bonds is 9. The monoisotopic (exact) mass is 290 g/mol. The van der Waals surface area contributed by atoms with Crippen LogP contribution in [0.15, 0.2) is 11.4 Å². The number of sulfonamides is 1. The smallest absolute Gasteiger partial charge is 0.213 e. The van der Waals surface area contributed by atoms with Gasteiger partial charge in [0.1, 0.15) is 0 Å². The summed E-state index contributed by atoms with van der Waals surface area (Å²) < 4.78 is 26.1. The molecule has 0 bridgehead atoms. The zero-order valence-corrected chi connectivity index (χ0v) is 12.7. The van der Waals surface area contributed by atoms with E-state index >= 15 is 0 Å². The van der Waals surface area contributed by atoms with Crippen LogP contribution in [0, 0.1) is 0 Å². The van der Waals surface area contributed by atoms with E-state index in [9.17, 15) is 8.42 Å². The maximum Gasteiger partial charge on any atom is 0.213 e. The van der Waals surface area contributed by atoms with Gasteiger partial charge in [0.05, 0.1) is 5.75 Å². The fourth-order valence-corrected chi connectivity index (χ4v) is 3.52. The predicted octanol–water partition coefficient (Wildman–Crippen LogP) is 1.73. The van der Waals surface area contributed by atoms with Crippen LogP contribution >= 0.6 is 11.3 Å². The Morgan fingerprint density at radius 1 is 1.28 bits per heavy atom. The SMILES string of the molecule is CCCNCCS(=O)(=O)NCc1sccc1CC. The zero-order valence-electron chi connectivity index (χ0n) is 11.0. The van der Waals surface area contributed by atoms with Gasteiger partial charge in [0.15, 0.2) is 0 Å². The lowest BCUT2D eigenvalue weighted by Crippen LogP contribution is -2.31. The highest BCUT2D eigenvalue weighted by Crippen LogP contribution is 2.17. The molecule has 0 atom stereocenters.